The number of esters is 1. The molecule has 1 aliphatic rings. The van der Waals surface area contributed by atoms with Crippen molar-refractivity contribution >= 4 is 28.3 Å². The van der Waals surface area contributed by atoms with Crippen molar-refractivity contribution in [2.45, 2.75) is 31.7 Å². The molecule has 2 heterocycles. The summed E-state index contributed by atoms with van der Waals surface area (Å²) in [5.41, 5.74) is 0.493. The number of thiazole rings is 1. The number of amides is 1. The highest BCUT2D eigenvalue weighted by atomic mass is 32.1. The van der Waals surface area contributed by atoms with E-state index in [1.165, 1.54) is 24.1 Å². The molecule has 0 aliphatic heterocycles. The Bertz CT molecular complexity index is 840. The molecular formula is C15H16N4O4S. The lowest BCUT2D eigenvalue weighted by Crippen LogP contribution is -2.33. The van der Waals surface area contributed by atoms with Crippen LogP contribution in [0, 0.1) is 0 Å². The molecule has 2 aromatic rings. The van der Waals surface area contributed by atoms with Gasteiger partial charge in [-0.2, -0.15) is 5.10 Å². The normalized spacial score (nSPS) is 14.9. The molecule has 1 amide bonds. The summed E-state index contributed by atoms with van der Waals surface area (Å²) in [6, 6.07) is 2.36. The summed E-state index contributed by atoms with van der Waals surface area (Å²) in [5, 5.41) is 7.15. The third-order valence-corrected chi connectivity index (χ3v) is 4.60. The predicted octanol–water partition coefficient (Wildman–Crippen LogP) is 1.56. The van der Waals surface area contributed by atoms with Gasteiger partial charge in [0, 0.05) is 12.0 Å². The molecule has 3 rings (SSSR count). The zero-order valence-corrected chi connectivity index (χ0v) is 14.0. The number of rotatable bonds is 5. The fourth-order valence-corrected chi connectivity index (χ4v) is 2.90. The van der Waals surface area contributed by atoms with E-state index in [1.807, 2.05) is 0 Å². The van der Waals surface area contributed by atoms with Crippen LogP contribution in [0.1, 0.15) is 47.1 Å². The molecule has 1 atom stereocenters. The van der Waals surface area contributed by atoms with Crippen LogP contribution in [-0.4, -0.2) is 33.8 Å². The van der Waals surface area contributed by atoms with Crippen molar-refractivity contribution in [2.75, 3.05) is 12.4 Å². The number of nitrogens with zero attached hydrogens (tertiary/aromatic N) is 3. The highest BCUT2D eigenvalue weighted by molar-refractivity contribution is 7.17. The first kappa shape index (κ1) is 16.3. The van der Waals surface area contributed by atoms with E-state index in [4.69, 9.17) is 0 Å². The van der Waals surface area contributed by atoms with Crippen LogP contribution in [0.2, 0.25) is 0 Å². The molecule has 1 aliphatic carbocycles. The van der Waals surface area contributed by atoms with E-state index in [9.17, 15) is 14.4 Å². The maximum Gasteiger partial charge on any atom is 0.349 e. The van der Waals surface area contributed by atoms with Gasteiger partial charge in [0.05, 0.1) is 19.0 Å². The molecule has 0 bridgehead atoms. The van der Waals surface area contributed by atoms with E-state index in [0.717, 1.165) is 29.9 Å². The molecule has 1 fully saturated rings. The van der Waals surface area contributed by atoms with Gasteiger partial charge in [-0.3, -0.25) is 9.59 Å². The Balaban J connectivity index is 1.75. The Kier molecular flexibility index (Phi) is 4.43. The van der Waals surface area contributed by atoms with Crippen molar-refractivity contribution in [1.82, 2.24) is 14.8 Å². The molecule has 8 nitrogen and oxygen atoms in total. The number of carbonyl (C=O) groups is 2. The molecule has 0 radical (unpaired) electrons. The van der Waals surface area contributed by atoms with Gasteiger partial charge in [0.15, 0.2) is 5.13 Å². The second-order valence-electron chi connectivity index (χ2n) is 5.50. The standard InChI is InChI=1S/C15H16N4O4S/c1-8(19-12(20)6-5-10(18-19)9-3-4-9)13(21)17-15-16-7-11(24-15)14(22)23-2/h5-9H,3-4H2,1-2H3,(H,16,17,21)/t8-/m1/s1. The number of carbonyl (C=O) groups excluding carboxylic acids is 2. The van der Waals surface area contributed by atoms with Crippen molar-refractivity contribution in [2.24, 2.45) is 0 Å². The molecule has 0 saturated heterocycles. The molecule has 24 heavy (non-hydrogen) atoms. The summed E-state index contributed by atoms with van der Waals surface area (Å²) in [5.74, 6) is -0.562. The van der Waals surface area contributed by atoms with Crippen molar-refractivity contribution in [3.63, 3.8) is 0 Å². The molecule has 2 aromatic heterocycles. The Morgan fingerprint density at radius 1 is 1.42 bits per heavy atom. The highest BCUT2D eigenvalue weighted by Gasteiger charge is 2.27. The fraction of sp³-hybridized carbons (Fsp3) is 0.400. The van der Waals surface area contributed by atoms with Gasteiger partial charge in [-0.05, 0) is 25.8 Å². The molecule has 126 valence electrons. The minimum atomic E-state index is -0.790. The van der Waals surface area contributed by atoms with Crippen LogP contribution in [0.5, 0.6) is 0 Å². The highest BCUT2D eigenvalue weighted by Crippen LogP contribution is 2.38. The van der Waals surface area contributed by atoms with Crippen molar-refractivity contribution in [3.8, 4) is 0 Å². The van der Waals surface area contributed by atoms with Gasteiger partial charge in [0.2, 0.25) is 0 Å². The van der Waals surface area contributed by atoms with Crippen LogP contribution in [0.15, 0.2) is 23.1 Å². The summed E-state index contributed by atoms with van der Waals surface area (Å²) >= 11 is 1.00. The lowest BCUT2D eigenvalue weighted by molar-refractivity contribution is -0.119. The Labute approximate surface area is 141 Å². The van der Waals surface area contributed by atoms with Crippen LogP contribution in [-0.2, 0) is 9.53 Å². The number of methoxy groups -OCH3 is 1. The van der Waals surface area contributed by atoms with Gasteiger partial charge in [0.1, 0.15) is 10.9 Å². The summed E-state index contributed by atoms with van der Waals surface area (Å²) in [7, 11) is 1.27. The van der Waals surface area contributed by atoms with Crippen LogP contribution < -0.4 is 10.9 Å². The first-order valence-corrected chi connectivity index (χ1v) is 8.26. The van der Waals surface area contributed by atoms with Crippen molar-refractivity contribution in [1.29, 1.82) is 0 Å². The smallest absolute Gasteiger partial charge is 0.349 e. The van der Waals surface area contributed by atoms with Crippen LogP contribution in [0.25, 0.3) is 0 Å². The summed E-state index contributed by atoms with van der Waals surface area (Å²) in [6.45, 7) is 1.59. The summed E-state index contributed by atoms with van der Waals surface area (Å²) in [4.78, 5) is 40.0. The quantitative estimate of drug-likeness (QED) is 0.823. The average molecular weight is 348 g/mol. The molecule has 9 heteroatoms. The SMILES string of the molecule is COC(=O)c1cnc(NC(=O)[C@@H](C)n2nc(C3CC3)ccc2=O)s1. The van der Waals surface area contributed by atoms with Crippen LogP contribution in [0.4, 0.5) is 5.13 Å². The van der Waals surface area contributed by atoms with Gasteiger partial charge in [-0.25, -0.2) is 14.5 Å². The summed E-state index contributed by atoms with van der Waals surface area (Å²) in [6.07, 6.45) is 3.44. The largest absolute Gasteiger partial charge is 0.465 e. The van der Waals surface area contributed by atoms with Gasteiger partial charge in [-0.15, -0.1) is 0 Å². The maximum absolute atomic E-state index is 12.4. The molecule has 0 aromatic carbocycles. The zero-order valence-electron chi connectivity index (χ0n) is 13.2. The third-order valence-electron chi connectivity index (χ3n) is 3.71. The molecular weight excluding hydrogens is 332 g/mol. The third kappa shape index (κ3) is 3.35. The van der Waals surface area contributed by atoms with Crippen molar-refractivity contribution < 1.29 is 14.3 Å². The number of ether oxygens (including phenoxy) is 1. The lowest BCUT2D eigenvalue weighted by Gasteiger charge is -2.13. The van der Waals surface area contributed by atoms with Gasteiger partial charge >= 0.3 is 5.97 Å². The monoisotopic (exact) mass is 348 g/mol. The van der Waals surface area contributed by atoms with Crippen LogP contribution >= 0.6 is 11.3 Å². The van der Waals surface area contributed by atoms with E-state index in [-0.39, 0.29) is 15.6 Å². The Morgan fingerprint density at radius 2 is 2.17 bits per heavy atom. The van der Waals surface area contributed by atoms with Crippen LogP contribution in [0.3, 0.4) is 0 Å². The number of nitrogens with one attached hydrogen (secondary N) is 1. The topological polar surface area (TPSA) is 103 Å². The van der Waals surface area contributed by atoms with E-state index >= 15 is 0 Å². The molecule has 1 N–H and O–H groups in total. The zero-order chi connectivity index (χ0) is 17.3. The predicted molar refractivity (Wildman–Crippen MR) is 87.3 cm³/mol. The Hall–Kier alpha value is -2.55. The van der Waals surface area contributed by atoms with E-state index < -0.39 is 17.9 Å². The van der Waals surface area contributed by atoms with Gasteiger partial charge in [0.25, 0.3) is 11.5 Å². The second-order valence-corrected chi connectivity index (χ2v) is 6.53. The molecule has 0 unspecified atom stereocenters. The van der Waals surface area contributed by atoms with Gasteiger partial charge in [-0.1, -0.05) is 11.3 Å². The second kappa shape index (κ2) is 6.52. The van der Waals surface area contributed by atoms with E-state index in [0.29, 0.717) is 5.92 Å². The van der Waals surface area contributed by atoms with E-state index in [1.54, 1.807) is 13.0 Å². The Morgan fingerprint density at radius 3 is 2.83 bits per heavy atom. The summed E-state index contributed by atoms with van der Waals surface area (Å²) < 4.78 is 5.77. The first-order valence-electron chi connectivity index (χ1n) is 7.44. The number of hydrogen-bond acceptors (Lipinski definition) is 7. The minimum absolute atomic E-state index is 0.263. The number of aromatic nitrogens is 3. The first-order chi connectivity index (χ1) is 11.5. The van der Waals surface area contributed by atoms with Crippen molar-refractivity contribution in [3.05, 3.63) is 39.3 Å². The minimum Gasteiger partial charge on any atom is -0.465 e. The maximum atomic E-state index is 12.4. The number of hydrogen-bond donors (Lipinski definition) is 1. The lowest BCUT2D eigenvalue weighted by atomic mass is 10.2. The molecule has 0 spiro atoms. The van der Waals surface area contributed by atoms with E-state index in [2.05, 4.69) is 20.1 Å². The van der Waals surface area contributed by atoms with Gasteiger partial charge < -0.3 is 10.1 Å². The molecule has 1 saturated carbocycles. The average Bonchev–Trinajstić information content (AvgIpc) is 3.33. The number of anilines is 1. The fourth-order valence-electron chi connectivity index (χ4n) is 2.16.